The molecule has 5 heteroatoms. The fraction of sp³-hybridized carbons (Fsp3) is 0.538. The molecule has 1 aliphatic rings. The quantitative estimate of drug-likeness (QED) is 0.802. The molecule has 1 aliphatic heterocycles. The Hall–Kier alpha value is -1.62. The number of rotatable bonds is 2. The Balaban J connectivity index is 2.17. The van der Waals surface area contributed by atoms with Crippen LogP contribution >= 0.6 is 0 Å². The number of carbonyl (C=O) groups excluding carboxylic acids is 1. The summed E-state index contributed by atoms with van der Waals surface area (Å²) in [5.74, 6) is -0.192. The van der Waals surface area contributed by atoms with E-state index in [1.54, 1.807) is 31.0 Å². The van der Waals surface area contributed by atoms with E-state index in [0.29, 0.717) is 0 Å². The van der Waals surface area contributed by atoms with Gasteiger partial charge in [0.25, 0.3) is 11.5 Å². The van der Waals surface area contributed by atoms with Crippen molar-refractivity contribution in [2.24, 2.45) is 0 Å². The highest BCUT2D eigenvalue weighted by atomic mass is 16.2. The van der Waals surface area contributed by atoms with Gasteiger partial charge in [-0.3, -0.25) is 9.59 Å². The number of pyridine rings is 1. The van der Waals surface area contributed by atoms with Crippen LogP contribution in [-0.2, 0) is 0 Å². The molecule has 2 N–H and O–H groups in total. The zero-order chi connectivity index (χ0) is 13.1. The number of nitrogens with zero attached hydrogens (tertiary/aromatic N) is 1. The van der Waals surface area contributed by atoms with Gasteiger partial charge in [-0.05, 0) is 45.0 Å². The molecule has 1 fully saturated rings. The third kappa shape index (κ3) is 2.61. The number of carbonyl (C=O) groups is 1. The van der Waals surface area contributed by atoms with Crippen LogP contribution in [0.4, 0.5) is 0 Å². The van der Waals surface area contributed by atoms with Crippen LogP contribution in [-0.4, -0.2) is 42.0 Å². The summed E-state index contributed by atoms with van der Waals surface area (Å²) in [4.78, 5) is 28.4. The number of amides is 1. The van der Waals surface area contributed by atoms with Crippen LogP contribution in [0.2, 0.25) is 0 Å². The molecule has 98 valence electrons. The van der Waals surface area contributed by atoms with E-state index >= 15 is 0 Å². The van der Waals surface area contributed by atoms with Crippen molar-refractivity contribution in [3.05, 3.63) is 33.7 Å². The van der Waals surface area contributed by atoms with E-state index < -0.39 is 0 Å². The third-order valence-corrected chi connectivity index (χ3v) is 3.46. The maximum Gasteiger partial charge on any atom is 0.260 e. The highest BCUT2D eigenvalue weighted by Crippen LogP contribution is 2.12. The summed E-state index contributed by atoms with van der Waals surface area (Å²) in [6, 6.07) is 3.58. The minimum Gasteiger partial charge on any atom is -0.338 e. The van der Waals surface area contributed by atoms with E-state index in [1.165, 1.54) is 0 Å². The predicted octanol–water partition coefficient (Wildman–Crippen LogP) is 0.507. The third-order valence-electron chi connectivity index (χ3n) is 3.46. The van der Waals surface area contributed by atoms with Crippen molar-refractivity contribution in [2.45, 2.75) is 25.8 Å². The van der Waals surface area contributed by atoms with Crippen molar-refractivity contribution in [1.29, 1.82) is 0 Å². The number of hydrogen-bond acceptors (Lipinski definition) is 3. The normalized spacial score (nSPS) is 16.6. The molecule has 2 heterocycles. The number of piperidine rings is 1. The zero-order valence-electron chi connectivity index (χ0n) is 10.8. The molecule has 1 amide bonds. The van der Waals surface area contributed by atoms with Crippen LogP contribution in [0.15, 0.2) is 16.9 Å². The van der Waals surface area contributed by atoms with E-state index in [-0.39, 0.29) is 23.1 Å². The van der Waals surface area contributed by atoms with Gasteiger partial charge in [0.2, 0.25) is 0 Å². The number of hydrogen-bond donors (Lipinski definition) is 2. The van der Waals surface area contributed by atoms with E-state index in [0.717, 1.165) is 31.6 Å². The highest BCUT2D eigenvalue weighted by Gasteiger charge is 2.24. The smallest absolute Gasteiger partial charge is 0.260 e. The van der Waals surface area contributed by atoms with Crippen molar-refractivity contribution in [3.8, 4) is 0 Å². The Morgan fingerprint density at radius 2 is 2.00 bits per heavy atom. The lowest BCUT2D eigenvalue weighted by atomic mass is 10.0. The fourth-order valence-corrected chi connectivity index (χ4v) is 2.29. The zero-order valence-corrected chi connectivity index (χ0v) is 10.8. The molecule has 0 atom stereocenters. The molecular weight excluding hydrogens is 230 g/mol. The first-order chi connectivity index (χ1) is 8.59. The fourth-order valence-electron chi connectivity index (χ4n) is 2.29. The number of H-pyrrole nitrogens is 1. The highest BCUT2D eigenvalue weighted by molar-refractivity contribution is 5.93. The Morgan fingerprint density at radius 1 is 1.33 bits per heavy atom. The van der Waals surface area contributed by atoms with Gasteiger partial charge in [-0.1, -0.05) is 0 Å². The molecular formula is C13H19N3O2. The van der Waals surface area contributed by atoms with Crippen LogP contribution in [0.25, 0.3) is 0 Å². The van der Waals surface area contributed by atoms with E-state index in [9.17, 15) is 9.59 Å². The molecule has 18 heavy (non-hydrogen) atoms. The van der Waals surface area contributed by atoms with Crippen LogP contribution in [0.5, 0.6) is 0 Å². The number of aromatic nitrogens is 1. The van der Waals surface area contributed by atoms with Gasteiger partial charge >= 0.3 is 0 Å². The first-order valence-corrected chi connectivity index (χ1v) is 6.27. The molecule has 2 rings (SSSR count). The molecule has 1 aromatic heterocycles. The molecule has 0 radical (unpaired) electrons. The Kier molecular flexibility index (Phi) is 3.81. The average molecular weight is 249 g/mol. The SMILES string of the molecule is Cc1ccc(C(=O)N(C)C2CCNCC2)c(=O)[nH]1. The largest absolute Gasteiger partial charge is 0.338 e. The second-order valence-corrected chi connectivity index (χ2v) is 4.78. The van der Waals surface area contributed by atoms with Crippen LogP contribution < -0.4 is 10.9 Å². The summed E-state index contributed by atoms with van der Waals surface area (Å²) in [6.07, 6.45) is 1.87. The summed E-state index contributed by atoms with van der Waals surface area (Å²) >= 11 is 0. The summed E-state index contributed by atoms with van der Waals surface area (Å²) in [6.45, 7) is 3.64. The summed E-state index contributed by atoms with van der Waals surface area (Å²) in [5, 5.41) is 3.26. The lowest BCUT2D eigenvalue weighted by Crippen LogP contribution is -2.45. The monoisotopic (exact) mass is 249 g/mol. The molecule has 1 aromatic rings. The molecule has 5 nitrogen and oxygen atoms in total. The average Bonchev–Trinajstić information content (AvgIpc) is 2.38. The van der Waals surface area contributed by atoms with Gasteiger partial charge in [0.05, 0.1) is 0 Å². The van der Waals surface area contributed by atoms with Crippen molar-refractivity contribution >= 4 is 5.91 Å². The lowest BCUT2D eigenvalue weighted by molar-refractivity contribution is 0.0701. The van der Waals surface area contributed by atoms with Crippen molar-refractivity contribution < 1.29 is 4.79 Å². The molecule has 0 saturated carbocycles. The predicted molar refractivity (Wildman–Crippen MR) is 69.8 cm³/mol. The van der Waals surface area contributed by atoms with E-state index in [4.69, 9.17) is 0 Å². The van der Waals surface area contributed by atoms with Gasteiger partial charge in [0.1, 0.15) is 5.56 Å². The van der Waals surface area contributed by atoms with Crippen molar-refractivity contribution in [2.75, 3.05) is 20.1 Å². The van der Waals surface area contributed by atoms with E-state index in [1.807, 2.05) is 0 Å². The molecule has 0 aromatic carbocycles. The van der Waals surface area contributed by atoms with Crippen LogP contribution in [0.1, 0.15) is 28.9 Å². The minimum absolute atomic E-state index is 0.192. The van der Waals surface area contributed by atoms with Crippen LogP contribution in [0, 0.1) is 6.92 Å². The Labute approximate surface area is 106 Å². The minimum atomic E-state index is -0.305. The van der Waals surface area contributed by atoms with Gasteiger partial charge in [-0.25, -0.2) is 0 Å². The number of aryl methyl sites for hydroxylation is 1. The number of nitrogens with one attached hydrogen (secondary N) is 2. The molecule has 0 bridgehead atoms. The second-order valence-electron chi connectivity index (χ2n) is 4.78. The standard InChI is InChI=1S/C13H19N3O2/c1-9-3-4-11(12(17)15-9)13(18)16(2)10-5-7-14-8-6-10/h3-4,10,14H,5-8H2,1-2H3,(H,15,17). The maximum absolute atomic E-state index is 12.3. The van der Waals surface area contributed by atoms with Gasteiger partial charge in [-0.2, -0.15) is 0 Å². The summed E-state index contributed by atoms with van der Waals surface area (Å²) < 4.78 is 0. The van der Waals surface area contributed by atoms with Gasteiger partial charge in [0, 0.05) is 18.8 Å². The molecule has 0 aliphatic carbocycles. The summed E-state index contributed by atoms with van der Waals surface area (Å²) in [7, 11) is 1.78. The first-order valence-electron chi connectivity index (χ1n) is 6.27. The number of aromatic amines is 1. The second kappa shape index (κ2) is 5.35. The Bertz CT molecular complexity index is 489. The molecule has 0 spiro atoms. The molecule has 0 unspecified atom stereocenters. The van der Waals surface area contributed by atoms with Gasteiger partial charge < -0.3 is 15.2 Å². The van der Waals surface area contributed by atoms with Crippen LogP contribution in [0.3, 0.4) is 0 Å². The van der Waals surface area contributed by atoms with Crippen molar-refractivity contribution in [3.63, 3.8) is 0 Å². The Morgan fingerprint density at radius 3 is 2.61 bits per heavy atom. The van der Waals surface area contributed by atoms with Gasteiger partial charge in [-0.15, -0.1) is 0 Å². The first kappa shape index (κ1) is 12.8. The topological polar surface area (TPSA) is 65.2 Å². The van der Waals surface area contributed by atoms with Crippen molar-refractivity contribution in [1.82, 2.24) is 15.2 Å². The lowest BCUT2D eigenvalue weighted by Gasteiger charge is -2.31. The molecule has 1 saturated heterocycles. The summed E-state index contributed by atoms with van der Waals surface area (Å²) in [5.41, 5.74) is 0.684. The van der Waals surface area contributed by atoms with E-state index in [2.05, 4.69) is 10.3 Å². The maximum atomic E-state index is 12.3. The van der Waals surface area contributed by atoms with Gasteiger partial charge in [0.15, 0.2) is 0 Å².